The van der Waals surface area contributed by atoms with Crippen LogP contribution in [0.4, 0.5) is 11.4 Å². The SMILES string of the molecule is Cc1ccc(S(=O)(=O)N(C)CC(=O)Nc2ccc(N3CCN(C)CC3)cc2)cc1C. The molecule has 3 rings (SSSR count). The van der Waals surface area contributed by atoms with Crippen LogP contribution < -0.4 is 10.2 Å². The van der Waals surface area contributed by atoms with Crippen LogP contribution in [-0.2, 0) is 14.8 Å². The molecule has 0 bridgehead atoms. The molecule has 1 aliphatic rings. The monoisotopic (exact) mass is 430 g/mol. The summed E-state index contributed by atoms with van der Waals surface area (Å²) in [5, 5.41) is 2.78. The molecule has 0 spiro atoms. The third kappa shape index (κ3) is 5.19. The van der Waals surface area contributed by atoms with Crippen LogP contribution in [0, 0.1) is 13.8 Å². The first-order valence-electron chi connectivity index (χ1n) is 10.0. The van der Waals surface area contributed by atoms with Crippen molar-refractivity contribution in [1.82, 2.24) is 9.21 Å². The number of hydrogen-bond acceptors (Lipinski definition) is 5. The largest absolute Gasteiger partial charge is 0.369 e. The Hall–Kier alpha value is -2.42. The number of likely N-dealkylation sites (N-methyl/N-ethyl adjacent to an activating group) is 2. The number of sulfonamides is 1. The summed E-state index contributed by atoms with van der Waals surface area (Å²) in [6, 6.07) is 12.6. The molecule has 8 heteroatoms. The number of hydrogen-bond donors (Lipinski definition) is 1. The van der Waals surface area contributed by atoms with E-state index >= 15 is 0 Å². The lowest BCUT2D eigenvalue weighted by Gasteiger charge is -2.34. The molecule has 0 aromatic heterocycles. The van der Waals surface area contributed by atoms with Gasteiger partial charge < -0.3 is 15.1 Å². The van der Waals surface area contributed by atoms with E-state index in [9.17, 15) is 13.2 Å². The Morgan fingerprint density at radius 3 is 2.23 bits per heavy atom. The third-order valence-electron chi connectivity index (χ3n) is 5.57. The second kappa shape index (κ2) is 9.16. The minimum atomic E-state index is -3.73. The van der Waals surface area contributed by atoms with Crippen LogP contribution in [0.3, 0.4) is 0 Å². The van der Waals surface area contributed by atoms with Gasteiger partial charge in [0, 0.05) is 44.6 Å². The van der Waals surface area contributed by atoms with E-state index in [0.717, 1.165) is 47.3 Å². The molecule has 0 aliphatic carbocycles. The van der Waals surface area contributed by atoms with Crippen molar-refractivity contribution >= 4 is 27.3 Å². The fourth-order valence-corrected chi connectivity index (χ4v) is 4.58. The summed E-state index contributed by atoms with van der Waals surface area (Å²) in [7, 11) is -0.194. The van der Waals surface area contributed by atoms with E-state index in [1.807, 2.05) is 38.1 Å². The Labute approximate surface area is 179 Å². The Balaban J connectivity index is 1.60. The van der Waals surface area contributed by atoms with E-state index < -0.39 is 10.0 Å². The molecule has 0 atom stereocenters. The van der Waals surface area contributed by atoms with Crippen LogP contribution in [-0.4, -0.2) is 70.3 Å². The molecule has 1 amide bonds. The zero-order valence-corrected chi connectivity index (χ0v) is 18.9. The summed E-state index contributed by atoms with van der Waals surface area (Å²) in [5.41, 5.74) is 3.69. The highest BCUT2D eigenvalue weighted by molar-refractivity contribution is 7.89. The van der Waals surface area contributed by atoms with E-state index in [1.54, 1.807) is 18.2 Å². The number of anilines is 2. The second-order valence-corrected chi connectivity index (χ2v) is 9.94. The summed E-state index contributed by atoms with van der Waals surface area (Å²) >= 11 is 0. The molecule has 1 heterocycles. The van der Waals surface area contributed by atoms with Crippen LogP contribution in [0.15, 0.2) is 47.4 Å². The Bertz CT molecular complexity index is 998. The molecular weight excluding hydrogens is 400 g/mol. The molecule has 1 saturated heterocycles. The van der Waals surface area contributed by atoms with Crippen LogP contribution in [0.5, 0.6) is 0 Å². The van der Waals surface area contributed by atoms with Crippen LogP contribution in [0.25, 0.3) is 0 Å². The van der Waals surface area contributed by atoms with Crippen molar-refractivity contribution in [1.29, 1.82) is 0 Å². The van der Waals surface area contributed by atoms with Gasteiger partial charge in [-0.2, -0.15) is 4.31 Å². The zero-order valence-electron chi connectivity index (χ0n) is 18.1. The van der Waals surface area contributed by atoms with Crippen LogP contribution in [0.1, 0.15) is 11.1 Å². The van der Waals surface area contributed by atoms with E-state index in [0.29, 0.717) is 5.69 Å². The summed E-state index contributed by atoms with van der Waals surface area (Å²) in [6.45, 7) is 7.55. The molecule has 0 unspecified atom stereocenters. The van der Waals surface area contributed by atoms with Gasteiger partial charge >= 0.3 is 0 Å². The van der Waals surface area contributed by atoms with E-state index in [1.165, 1.54) is 7.05 Å². The maximum absolute atomic E-state index is 12.8. The quantitative estimate of drug-likeness (QED) is 0.761. The van der Waals surface area contributed by atoms with E-state index in [4.69, 9.17) is 0 Å². The average Bonchev–Trinajstić information content (AvgIpc) is 2.71. The van der Waals surface area contributed by atoms with Crippen molar-refractivity contribution in [3.63, 3.8) is 0 Å². The van der Waals surface area contributed by atoms with Crippen molar-refractivity contribution in [2.24, 2.45) is 0 Å². The highest BCUT2D eigenvalue weighted by Crippen LogP contribution is 2.20. The standard InChI is InChI=1S/C22H30N4O3S/c1-17-5-10-21(15-18(17)2)30(28,29)25(4)16-22(27)23-19-6-8-20(9-7-19)26-13-11-24(3)12-14-26/h5-10,15H,11-14,16H2,1-4H3,(H,23,27). The minimum absolute atomic E-state index is 0.192. The summed E-state index contributed by atoms with van der Waals surface area (Å²) in [5.74, 6) is -0.378. The van der Waals surface area contributed by atoms with Crippen molar-refractivity contribution in [2.45, 2.75) is 18.7 Å². The summed E-state index contributed by atoms with van der Waals surface area (Å²) in [4.78, 5) is 17.2. The van der Waals surface area contributed by atoms with E-state index in [-0.39, 0.29) is 17.3 Å². The molecule has 162 valence electrons. The number of nitrogens with one attached hydrogen (secondary N) is 1. The zero-order chi connectivity index (χ0) is 21.9. The molecule has 1 N–H and O–H groups in total. The lowest BCUT2D eigenvalue weighted by atomic mass is 10.1. The van der Waals surface area contributed by atoms with Crippen LogP contribution in [0.2, 0.25) is 0 Å². The van der Waals surface area contributed by atoms with Gasteiger partial charge in [-0.15, -0.1) is 0 Å². The molecule has 0 radical (unpaired) electrons. The van der Waals surface area contributed by atoms with Gasteiger partial charge in [0.15, 0.2) is 0 Å². The number of amides is 1. The predicted octanol–water partition coefficient (Wildman–Crippen LogP) is 2.31. The topological polar surface area (TPSA) is 73.0 Å². The number of nitrogens with zero attached hydrogens (tertiary/aromatic N) is 3. The van der Waals surface area contributed by atoms with Crippen LogP contribution >= 0.6 is 0 Å². The van der Waals surface area contributed by atoms with Crippen molar-refractivity contribution in [3.8, 4) is 0 Å². The Morgan fingerprint density at radius 1 is 1.00 bits per heavy atom. The Kier molecular flexibility index (Phi) is 6.80. The number of aryl methyl sites for hydroxylation is 2. The molecule has 0 saturated carbocycles. The molecule has 1 aliphatic heterocycles. The normalized spacial score (nSPS) is 15.4. The molecule has 2 aromatic rings. The molecule has 2 aromatic carbocycles. The fraction of sp³-hybridized carbons (Fsp3) is 0.409. The first kappa shape index (κ1) is 22.3. The van der Waals surface area contributed by atoms with Gasteiger partial charge in [0.05, 0.1) is 11.4 Å². The van der Waals surface area contributed by atoms with Gasteiger partial charge in [-0.05, 0) is 68.4 Å². The number of benzene rings is 2. The van der Waals surface area contributed by atoms with Crippen molar-refractivity contribution in [2.75, 3.05) is 57.0 Å². The first-order chi connectivity index (χ1) is 14.2. The first-order valence-corrected chi connectivity index (χ1v) is 11.5. The average molecular weight is 431 g/mol. The smallest absolute Gasteiger partial charge is 0.243 e. The van der Waals surface area contributed by atoms with Gasteiger partial charge in [-0.1, -0.05) is 6.07 Å². The number of carbonyl (C=O) groups is 1. The predicted molar refractivity (Wildman–Crippen MR) is 121 cm³/mol. The number of piperazine rings is 1. The minimum Gasteiger partial charge on any atom is -0.369 e. The highest BCUT2D eigenvalue weighted by Gasteiger charge is 2.23. The highest BCUT2D eigenvalue weighted by atomic mass is 32.2. The fourth-order valence-electron chi connectivity index (χ4n) is 3.36. The third-order valence-corrected chi connectivity index (χ3v) is 7.37. The molecule has 30 heavy (non-hydrogen) atoms. The maximum Gasteiger partial charge on any atom is 0.243 e. The van der Waals surface area contributed by atoms with E-state index in [2.05, 4.69) is 22.2 Å². The lowest BCUT2D eigenvalue weighted by Crippen LogP contribution is -2.44. The van der Waals surface area contributed by atoms with Gasteiger partial charge in [0.1, 0.15) is 0 Å². The summed E-state index contributed by atoms with van der Waals surface area (Å²) < 4.78 is 26.6. The molecule has 7 nitrogen and oxygen atoms in total. The van der Waals surface area contributed by atoms with Gasteiger partial charge in [0.25, 0.3) is 0 Å². The number of rotatable bonds is 6. The number of carbonyl (C=O) groups excluding carboxylic acids is 1. The second-order valence-electron chi connectivity index (χ2n) is 7.89. The van der Waals surface area contributed by atoms with Gasteiger partial charge in [-0.25, -0.2) is 8.42 Å². The Morgan fingerprint density at radius 2 is 1.63 bits per heavy atom. The molecular formula is C22H30N4O3S. The summed E-state index contributed by atoms with van der Waals surface area (Å²) in [6.07, 6.45) is 0. The van der Waals surface area contributed by atoms with Gasteiger partial charge in [0.2, 0.25) is 15.9 Å². The lowest BCUT2D eigenvalue weighted by molar-refractivity contribution is -0.116. The van der Waals surface area contributed by atoms with Crippen molar-refractivity contribution < 1.29 is 13.2 Å². The van der Waals surface area contributed by atoms with Crippen molar-refractivity contribution in [3.05, 3.63) is 53.6 Å². The maximum atomic E-state index is 12.8. The van der Waals surface area contributed by atoms with Gasteiger partial charge in [-0.3, -0.25) is 4.79 Å². The molecule has 1 fully saturated rings.